The monoisotopic (exact) mass is 432 g/mol. The van der Waals surface area contributed by atoms with E-state index in [2.05, 4.69) is 27.0 Å². The second-order valence-corrected chi connectivity index (χ2v) is 10.4. The number of piperidine rings is 2. The van der Waals surface area contributed by atoms with Crippen molar-refractivity contribution >= 4 is 21.7 Å². The van der Waals surface area contributed by atoms with Gasteiger partial charge in [0.2, 0.25) is 5.95 Å². The second-order valence-electron chi connectivity index (χ2n) is 8.42. The first-order valence-corrected chi connectivity index (χ1v) is 12.3. The molecule has 1 N–H and O–H groups in total. The summed E-state index contributed by atoms with van der Waals surface area (Å²) in [6.07, 6.45) is 7.82. The van der Waals surface area contributed by atoms with Crippen LogP contribution in [0.4, 0.5) is 5.95 Å². The summed E-state index contributed by atoms with van der Waals surface area (Å²) in [4.78, 5) is 25.8. The highest BCUT2D eigenvalue weighted by atomic mass is 32.2. The quantitative estimate of drug-likeness (QED) is 0.785. The molecule has 0 aromatic carbocycles. The fourth-order valence-electron chi connectivity index (χ4n) is 4.38. The minimum absolute atomic E-state index is 0.0236. The summed E-state index contributed by atoms with van der Waals surface area (Å²) in [5.74, 6) is 1.07. The molecule has 2 aliphatic heterocycles. The number of hydrogen-bond donors (Lipinski definition) is 1. The topological polar surface area (TPSA) is 112 Å². The number of nitrogens with zero attached hydrogens (tertiary/aromatic N) is 5. The highest BCUT2D eigenvalue weighted by Gasteiger charge is 2.31. The van der Waals surface area contributed by atoms with Gasteiger partial charge in [0.05, 0.1) is 11.9 Å². The van der Waals surface area contributed by atoms with Crippen molar-refractivity contribution in [1.82, 2.24) is 25.1 Å². The van der Waals surface area contributed by atoms with E-state index in [9.17, 15) is 13.2 Å². The van der Waals surface area contributed by atoms with Gasteiger partial charge in [0, 0.05) is 44.5 Å². The molecule has 4 heterocycles. The third kappa shape index (κ3) is 4.33. The molecule has 0 radical (unpaired) electrons. The molecule has 0 unspecified atom stereocenters. The molecule has 2 aromatic rings. The van der Waals surface area contributed by atoms with E-state index in [1.807, 2.05) is 0 Å². The van der Waals surface area contributed by atoms with Crippen molar-refractivity contribution < 1.29 is 13.2 Å². The Balaban J connectivity index is 1.56. The predicted octanol–water partition coefficient (Wildman–Crippen LogP) is 1.86. The fourth-order valence-corrected chi connectivity index (χ4v) is 5.21. The molecule has 0 saturated carbocycles. The van der Waals surface area contributed by atoms with Crippen molar-refractivity contribution in [1.29, 1.82) is 0 Å². The van der Waals surface area contributed by atoms with Crippen molar-refractivity contribution in [2.24, 2.45) is 5.92 Å². The van der Waals surface area contributed by atoms with E-state index in [0.29, 0.717) is 49.2 Å². The van der Waals surface area contributed by atoms with Crippen LogP contribution in [-0.2, 0) is 9.84 Å². The second kappa shape index (κ2) is 8.33. The Morgan fingerprint density at radius 1 is 1.20 bits per heavy atom. The molecule has 0 bridgehead atoms. The van der Waals surface area contributed by atoms with Crippen LogP contribution < -0.4 is 4.90 Å². The maximum atomic E-state index is 12.5. The number of carbonyl (C=O) groups is 1. The van der Waals surface area contributed by atoms with Crippen molar-refractivity contribution in [2.45, 2.75) is 43.4 Å². The van der Waals surface area contributed by atoms with Gasteiger partial charge in [0.1, 0.15) is 10.6 Å². The number of amides is 1. The largest absolute Gasteiger partial charge is 0.341 e. The van der Waals surface area contributed by atoms with Crippen LogP contribution in [0.5, 0.6) is 0 Å². The van der Waals surface area contributed by atoms with Crippen molar-refractivity contribution in [3.63, 3.8) is 0 Å². The van der Waals surface area contributed by atoms with Crippen LogP contribution in [0.15, 0.2) is 23.4 Å². The highest BCUT2D eigenvalue weighted by Crippen LogP contribution is 2.33. The number of rotatable bonds is 4. The number of nitrogens with one attached hydrogen (secondary N) is 1. The minimum Gasteiger partial charge on any atom is -0.341 e. The van der Waals surface area contributed by atoms with E-state index in [1.165, 1.54) is 18.9 Å². The molecular weight excluding hydrogens is 404 g/mol. The lowest BCUT2D eigenvalue weighted by molar-refractivity contribution is 0.0705. The summed E-state index contributed by atoms with van der Waals surface area (Å²) in [5, 5.41) is 6.54. The third-order valence-electron chi connectivity index (χ3n) is 6.01. The van der Waals surface area contributed by atoms with Crippen LogP contribution in [0.1, 0.15) is 54.7 Å². The molecule has 10 heteroatoms. The van der Waals surface area contributed by atoms with Crippen LogP contribution in [0, 0.1) is 5.92 Å². The Morgan fingerprint density at radius 3 is 2.60 bits per heavy atom. The van der Waals surface area contributed by atoms with Gasteiger partial charge in [-0.05, 0) is 37.7 Å². The fraction of sp³-hybridized carbons (Fsp3) is 0.600. The number of aromatic nitrogens is 4. The number of aromatic amines is 1. The van der Waals surface area contributed by atoms with Crippen LogP contribution in [0.2, 0.25) is 0 Å². The predicted molar refractivity (Wildman–Crippen MR) is 112 cm³/mol. The number of likely N-dealkylation sites (tertiary alicyclic amines) is 1. The van der Waals surface area contributed by atoms with Crippen LogP contribution in [-0.4, -0.2) is 71.8 Å². The molecule has 4 rings (SSSR count). The molecule has 0 spiro atoms. The summed E-state index contributed by atoms with van der Waals surface area (Å²) in [5.41, 5.74) is 1.06. The van der Waals surface area contributed by atoms with Gasteiger partial charge in [-0.25, -0.2) is 18.4 Å². The van der Waals surface area contributed by atoms with Crippen LogP contribution in [0.25, 0.3) is 0 Å². The van der Waals surface area contributed by atoms with E-state index in [0.717, 1.165) is 19.5 Å². The first-order chi connectivity index (χ1) is 14.3. The van der Waals surface area contributed by atoms with Gasteiger partial charge < -0.3 is 9.80 Å². The summed E-state index contributed by atoms with van der Waals surface area (Å²) >= 11 is 0. The Hall–Kier alpha value is -2.49. The molecule has 2 aromatic heterocycles. The number of H-pyrrole nitrogens is 1. The SMILES string of the molecule is C[C@H]1CCCN(c2ncc(S(C)(=O)=O)c(C3CCN(C(=O)c4ccn[nH]4)CC3)n2)C1. The minimum atomic E-state index is -3.44. The molecular formula is C20H28N6O3S. The number of carbonyl (C=O) groups excluding carboxylic acids is 1. The first kappa shape index (κ1) is 20.8. The molecule has 9 nitrogen and oxygen atoms in total. The number of hydrogen-bond acceptors (Lipinski definition) is 7. The molecule has 2 aliphatic rings. The summed E-state index contributed by atoms with van der Waals surface area (Å²) in [6, 6.07) is 1.66. The average Bonchev–Trinajstić information content (AvgIpc) is 3.27. The zero-order chi connectivity index (χ0) is 21.3. The van der Waals surface area contributed by atoms with E-state index in [4.69, 9.17) is 4.98 Å². The molecule has 162 valence electrons. The summed E-state index contributed by atoms with van der Waals surface area (Å²) in [7, 11) is -3.44. The Bertz CT molecular complexity index is 1000. The lowest BCUT2D eigenvalue weighted by Crippen LogP contribution is -2.39. The Labute approximate surface area is 176 Å². The maximum Gasteiger partial charge on any atom is 0.271 e. The van der Waals surface area contributed by atoms with E-state index >= 15 is 0 Å². The van der Waals surface area contributed by atoms with Gasteiger partial charge in [-0.3, -0.25) is 9.89 Å². The number of anilines is 1. The molecule has 30 heavy (non-hydrogen) atoms. The van der Waals surface area contributed by atoms with Gasteiger partial charge in [-0.15, -0.1) is 0 Å². The zero-order valence-electron chi connectivity index (χ0n) is 17.4. The smallest absolute Gasteiger partial charge is 0.271 e. The maximum absolute atomic E-state index is 12.5. The number of sulfone groups is 1. The molecule has 1 amide bonds. The van der Waals surface area contributed by atoms with Crippen LogP contribution in [0.3, 0.4) is 0 Å². The van der Waals surface area contributed by atoms with Gasteiger partial charge in [-0.2, -0.15) is 5.10 Å². The van der Waals surface area contributed by atoms with Gasteiger partial charge in [0.15, 0.2) is 9.84 Å². The van der Waals surface area contributed by atoms with Gasteiger partial charge >= 0.3 is 0 Å². The zero-order valence-corrected chi connectivity index (χ0v) is 18.2. The van der Waals surface area contributed by atoms with Gasteiger partial charge in [0.25, 0.3) is 5.91 Å². The first-order valence-electron chi connectivity index (χ1n) is 10.4. The van der Waals surface area contributed by atoms with E-state index in [-0.39, 0.29) is 16.7 Å². The lowest BCUT2D eigenvalue weighted by Gasteiger charge is -2.34. The standard InChI is InChI=1S/C20H28N6O3S/c1-14-4-3-9-26(13-14)20-21-12-17(30(2,28)29)18(23-20)15-6-10-25(11-7-15)19(27)16-5-8-22-24-16/h5,8,12,14-15H,3-4,6-7,9-11,13H2,1-2H3,(H,22,24)/t14-/m0/s1. The van der Waals surface area contributed by atoms with E-state index < -0.39 is 9.84 Å². The van der Waals surface area contributed by atoms with Crippen molar-refractivity contribution in [2.75, 3.05) is 37.3 Å². The van der Waals surface area contributed by atoms with Crippen molar-refractivity contribution in [3.8, 4) is 0 Å². The summed E-state index contributed by atoms with van der Waals surface area (Å²) in [6.45, 7) is 5.08. The molecule has 2 saturated heterocycles. The lowest BCUT2D eigenvalue weighted by atomic mass is 9.93. The normalized spacial score (nSPS) is 21.1. The van der Waals surface area contributed by atoms with E-state index in [1.54, 1.807) is 17.2 Å². The van der Waals surface area contributed by atoms with Crippen molar-refractivity contribution in [3.05, 3.63) is 29.8 Å². The Kier molecular flexibility index (Phi) is 5.77. The Morgan fingerprint density at radius 2 is 1.97 bits per heavy atom. The van der Waals surface area contributed by atoms with Gasteiger partial charge in [-0.1, -0.05) is 6.92 Å². The average molecular weight is 433 g/mol. The molecule has 2 fully saturated rings. The highest BCUT2D eigenvalue weighted by molar-refractivity contribution is 7.90. The third-order valence-corrected chi connectivity index (χ3v) is 7.12. The summed E-state index contributed by atoms with van der Waals surface area (Å²) < 4.78 is 24.8. The molecule has 1 atom stereocenters. The van der Waals surface area contributed by atoms with Crippen LogP contribution >= 0.6 is 0 Å². The molecule has 0 aliphatic carbocycles.